The molecule has 0 aliphatic carbocycles. The third-order valence-corrected chi connectivity index (χ3v) is 4.81. The molecule has 1 N–H and O–H groups in total. The van der Waals surface area contributed by atoms with E-state index >= 15 is 0 Å². The van der Waals surface area contributed by atoms with E-state index in [0.29, 0.717) is 27.5 Å². The van der Waals surface area contributed by atoms with Crippen LogP contribution < -0.4 is 10.2 Å². The Morgan fingerprint density at radius 3 is 2.68 bits per heavy atom. The van der Waals surface area contributed by atoms with Gasteiger partial charge in [0, 0.05) is 18.1 Å². The zero-order valence-corrected chi connectivity index (χ0v) is 15.1. The van der Waals surface area contributed by atoms with E-state index in [-0.39, 0.29) is 11.5 Å². The van der Waals surface area contributed by atoms with E-state index in [1.54, 1.807) is 18.2 Å². The summed E-state index contributed by atoms with van der Waals surface area (Å²) in [5, 5.41) is 15.5. The largest absolute Gasteiger partial charge is 0.353 e. The van der Waals surface area contributed by atoms with Gasteiger partial charge in [-0.2, -0.15) is 0 Å². The Kier molecular flexibility index (Phi) is 5.24. The highest BCUT2D eigenvalue weighted by Gasteiger charge is 2.29. The molecule has 1 aliphatic heterocycles. The van der Waals surface area contributed by atoms with Crippen molar-refractivity contribution in [1.29, 1.82) is 0 Å². The summed E-state index contributed by atoms with van der Waals surface area (Å²) in [6.45, 7) is 3.65. The molecule has 1 aliphatic rings. The fourth-order valence-electron chi connectivity index (χ4n) is 2.80. The molecule has 0 amide bonds. The van der Waals surface area contributed by atoms with Crippen LogP contribution in [0.4, 0.5) is 23.0 Å². The highest BCUT2D eigenvalue weighted by Crippen LogP contribution is 2.37. The Balaban J connectivity index is 1.98. The van der Waals surface area contributed by atoms with Crippen molar-refractivity contribution < 1.29 is 4.92 Å². The van der Waals surface area contributed by atoms with Crippen LogP contribution in [0.25, 0.3) is 0 Å². The molecule has 0 saturated carbocycles. The number of nitrogens with zero attached hydrogens (tertiary/aromatic N) is 4. The molecule has 3 rings (SSSR count). The van der Waals surface area contributed by atoms with Crippen molar-refractivity contribution >= 4 is 46.2 Å². The Hall–Kier alpha value is -2.12. The highest BCUT2D eigenvalue weighted by molar-refractivity contribution is 6.35. The van der Waals surface area contributed by atoms with Crippen molar-refractivity contribution in [2.75, 3.05) is 23.3 Å². The Morgan fingerprint density at radius 1 is 1.28 bits per heavy atom. The molecule has 2 heterocycles. The molecule has 1 aromatic heterocycles. The van der Waals surface area contributed by atoms with Crippen LogP contribution >= 0.6 is 23.2 Å². The van der Waals surface area contributed by atoms with Gasteiger partial charge in [0.2, 0.25) is 11.6 Å². The molecule has 132 valence electrons. The average molecular weight is 382 g/mol. The summed E-state index contributed by atoms with van der Waals surface area (Å²) < 4.78 is 0. The van der Waals surface area contributed by atoms with Gasteiger partial charge in [0.05, 0.1) is 15.6 Å². The summed E-state index contributed by atoms with van der Waals surface area (Å²) in [5.74, 6) is 1.03. The molecule has 2 aromatic rings. The fourth-order valence-corrected chi connectivity index (χ4v) is 3.14. The number of nitrogens with one attached hydrogen (secondary N) is 1. The van der Waals surface area contributed by atoms with E-state index in [1.165, 1.54) is 6.33 Å². The lowest BCUT2D eigenvalue weighted by molar-refractivity contribution is -0.383. The first-order chi connectivity index (χ1) is 12.0. The van der Waals surface area contributed by atoms with Gasteiger partial charge in [-0.25, -0.2) is 9.97 Å². The predicted molar refractivity (Wildman–Crippen MR) is 99.0 cm³/mol. The molecule has 0 spiro atoms. The Morgan fingerprint density at radius 2 is 2.00 bits per heavy atom. The van der Waals surface area contributed by atoms with Crippen LogP contribution in [-0.2, 0) is 0 Å². The van der Waals surface area contributed by atoms with Gasteiger partial charge in [-0.05, 0) is 37.0 Å². The van der Waals surface area contributed by atoms with Crippen LogP contribution in [0.5, 0.6) is 0 Å². The lowest BCUT2D eigenvalue weighted by Gasteiger charge is -2.30. The first-order valence-electron chi connectivity index (χ1n) is 7.92. The number of benzene rings is 1. The molecule has 0 radical (unpaired) electrons. The number of anilines is 3. The van der Waals surface area contributed by atoms with E-state index < -0.39 is 4.92 Å². The SMILES string of the molecule is CC1CCN(c2ncnc(Nc3cc(Cl)ccc3Cl)c2[N+](=O)[O-])CC1. The van der Waals surface area contributed by atoms with Crippen LogP contribution in [0.15, 0.2) is 24.5 Å². The van der Waals surface area contributed by atoms with E-state index in [4.69, 9.17) is 23.2 Å². The summed E-state index contributed by atoms with van der Waals surface area (Å²) in [6, 6.07) is 4.86. The van der Waals surface area contributed by atoms with E-state index in [1.807, 2.05) is 4.90 Å². The molecule has 1 aromatic carbocycles. The number of piperidine rings is 1. The number of hydrogen-bond donors (Lipinski definition) is 1. The van der Waals surface area contributed by atoms with Crippen LogP contribution in [-0.4, -0.2) is 28.0 Å². The molecule has 1 fully saturated rings. The third-order valence-electron chi connectivity index (χ3n) is 4.25. The molecular weight excluding hydrogens is 365 g/mol. The molecule has 1 saturated heterocycles. The van der Waals surface area contributed by atoms with Crippen molar-refractivity contribution in [3.8, 4) is 0 Å². The Bertz CT molecular complexity index is 794. The van der Waals surface area contributed by atoms with Crippen LogP contribution in [0.3, 0.4) is 0 Å². The van der Waals surface area contributed by atoms with Crippen molar-refractivity contribution in [3.05, 3.63) is 44.7 Å². The van der Waals surface area contributed by atoms with Crippen LogP contribution in [0.1, 0.15) is 19.8 Å². The number of rotatable bonds is 4. The number of hydrogen-bond acceptors (Lipinski definition) is 6. The topological polar surface area (TPSA) is 84.2 Å². The molecule has 25 heavy (non-hydrogen) atoms. The minimum atomic E-state index is -0.464. The smallest absolute Gasteiger partial charge is 0.351 e. The maximum atomic E-state index is 11.7. The first-order valence-corrected chi connectivity index (χ1v) is 8.67. The van der Waals surface area contributed by atoms with E-state index in [2.05, 4.69) is 22.2 Å². The third kappa shape index (κ3) is 3.93. The number of halogens is 2. The quantitative estimate of drug-likeness (QED) is 0.611. The first kappa shape index (κ1) is 17.7. The number of aromatic nitrogens is 2. The van der Waals surface area contributed by atoms with Crippen LogP contribution in [0.2, 0.25) is 10.0 Å². The fraction of sp³-hybridized carbons (Fsp3) is 0.375. The lowest BCUT2D eigenvalue weighted by Crippen LogP contribution is -2.34. The number of nitro groups is 1. The predicted octanol–water partition coefficient (Wildman–Crippen LogP) is 4.67. The molecule has 0 unspecified atom stereocenters. The van der Waals surface area contributed by atoms with Gasteiger partial charge in [0.25, 0.3) is 0 Å². The van der Waals surface area contributed by atoms with Gasteiger partial charge in [-0.1, -0.05) is 30.1 Å². The van der Waals surface area contributed by atoms with Crippen molar-refractivity contribution in [2.45, 2.75) is 19.8 Å². The molecular formula is C16H17Cl2N5O2. The molecule has 9 heteroatoms. The van der Waals surface area contributed by atoms with Crippen molar-refractivity contribution in [3.63, 3.8) is 0 Å². The highest BCUT2D eigenvalue weighted by atomic mass is 35.5. The minimum absolute atomic E-state index is 0.0952. The summed E-state index contributed by atoms with van der Waals surface area (Å²) >= 11 is 12.1. The second-order valence-corrected chi connectivity index (χ2v) is 6.91. The standard InChI is InChI=1S/C16H17Cl2N5O2/c1-10-4-6-22(7-5-10)16-14(23(24)25)15(19-9-20-16)21-13-8-11(17)2-3-12(13)18/h2-3,8-10H,4-7H2,1H3,(H,19,20,21). The molecule has 0 bridgehead atoms. The summed E-state index contributed by atoms with van der Waals surface area (Å²) in [4.78, 5) is 21.4. The van der Waals surface area contributed by atoms with Gasteiger partial charge >= 0.3 is 5.69 Å². The normalized spacial score (nSPS) is 15.2. The van der Waals surface area contributed by atoms with E-state index in [9.17, 15) is 10.1 Å². The van der Waals surface area contributed by atoms with Gasteiger partial charge in [0.15, 0.2) is 0 Å². The molecule has 0 atom stereocenters. The maximum absolute atomic E-state index is 11.7. The molecule has 7 nitrogen and oxygen atoms in total. The average Bonchev–Trinajstić information content (AvgIpc) is 2.58. The summed E-state index contributed by atoms with van der Waals surface area (Å²) in [5.41, 5.74) is 0.294. The minimum Gasteiger partial charge on any atom is -0.351 e. The second kappa shape index (κ2) is 7.41. The van der Waals surface area contributed by atoms with Gasteiger partial charge < -0.3 is 10.2 Å². The van der Waals surface area contributed by atoms with Gasteiger partial charge in [-0.15, -0.1) is 0 Å². The van der Waals surface area contributed by atoms with Crippen molar-refractivity contribution in [2.24, 2.45) is 5.92 Å². The zero-order valence-electron chi connectivity index (χ0n) is 13.6. The van der Waals surface area contributed by atoms with E-state index in [0.717, 1.165) is 25.9 Å². The summed E-state index contributed by atoms with van der Waals surface area (Å²) in [6.07, 6.45) is 3.27. The van der Waals surface area contributed by atoms with Gasteiger partial charge in [-0.3, -0.25) is 10.1 Å². The Labute approximate surface area is 155 Å². The second-order valence-electron chi connectivity index (χ2n) is 6.07. The van der Waals surface area contributed by atoms with Crippen molar-refractivity contribution in [1.82, 2.24) is 9.97 Å². The maximum Gasteiger partial charge on any atom is 0.353 e. The summed E-state index contributed by atoms with van der Waals surface area (Å²) in [7, 11) is 0. The van der Waals surface area contributed by atoms with Gasteiger partial charge in [0.1, 0.15) is 6.33 Å². The zero-order chi connectivity index (χ0) is 18.0. The lowest BCUT2D eigenvalue weighted by atomic mass is 9.99. The van der Waals surface area contributed by atoms with Crippen LogP contribution in [0, 0.1) is 16.0 Å². The monoisotopic (exact) mass is 381 g/mol.